The number of fused-ring (bicyclic) bond motifs is 1. The number of aromatic nitrogens is 2. The van der Waals surface area contributed by atoms with Gasteiger partial charge in [-0.25, -0.2) is 8.91 Å². The third kappa shape index (κ3) is 6.31. The minimum atomic E-state index is -0.398. The lowest BCUT2D eigenvalue weighted by atomic mass is 9.99. The van der Waals surface area contributed by atoms with Crippen LogP contribution in [0.1, 0.15) is 39.5 Å². The third-order valence-corrected chi connectivity index (χ3v) is 8.36. The summed E-state index contributed by atoms with van der Waals surface area (Å²) in [6.45, 7) is 1.10. The van der Waals surface area contributed by atoms with Crippen LogP contribution in [0.5, 0.6) is 11.5 Å². The van der Waals surface area contributed by atoms with E-state index in [2.05, 4.69) is 10.00 Å². The Balaban J connectivity index is 1.35. The number of hydrogen-bond acceptors (Lipinski definition) is 6. The zero-order valence-electron chi connectivity index (χ0n) is 25.1. The average molecular weight is 608 g/mol. The molecule has 2 N–H and O–H groups in total. The van der Waals surface area contributed by atoms with Gasteiger partial charge in [0.15, 0.2) is 0 Å². The fourth-order valence-corrected chi connectivity index (χ4v) is 5.94. The predicted octanol–water partition coefficient (Wildman–Crippen LogP) is 5.39. The maximum atomic E-state index is 14.3. The summed E-state index contributed by atoms with van der Waals surface area (Å²) >= 11 is 0. The van der Waals surface area contributed by atoms with Gasteiger partial charge in [-0.1, -0.05) is 36.4 Å². The number of rotatable bonds is 10. The first-order chi connectivity index (χ1) is 21.8. The lowest BCUT2D eigenvalue weighted by Crippen LogP contribution is -2.30. The number of benzene rings is 3. The van der Waals surface area contributed by atoms with Gasteiger partial charge in [-0.05, 0) is 71.6 Å². The van der Waals surface area contributed by atoms with Crippen molar-refractivity contribution in [2.75, 3.05) is 25.7 Å². The van der Waals surface area contributed by atoms with Crippen molar-refractivity contribution in [1.29, 1.82) is 0 Å². The van der Waals surface area contributed by atoms with E-state index in [1.54, 1.807) is 42.1 Å². The molecule has 10 heteroatoms. The second kappa shape index (κ2) is 12.7. The van der Waals surface area contributed by atoms with E-state index < -0.39 is 11.8 Å². The molecule has 45 heavy (non-hydrogen) atoms. The predicted molar refractivity (Wildman–Crippen MR) is 169 cm³/mol. The van der Waals surface area contributed by atoms with Crippen molar-refractivity contribution >= 4 is 23.0 Å². The van der Waals surface area contributed by atoms with Crippen LogP contribution < -0.4 is 20.1 Å². The molecule has 2 aromatic heterocycles. The van der Waals surface area contributed by atoms with Crippen LogP contribution in [0, 0.1) is 11.7 Å². The van der Waals surface area contributed by atoms with E-state index >= 15 is 0 Å². The van der Waals surface area contributed by atoms with Crippen LogP contribution >= 0.6 is 0 Å². The van der Waals surface area contributed by atoms with E-state index in [0.29, 0.717) is 37.1 Å². The Bertz CT molecular complexity index is 1770. The van der Waals surface area contributed by atoms with Crippen LogP contribution in [0.2, 0.25) is 0 Å². The standard InChI is InChI=1S/C35H34FN5O4/c1-44-29-10-6-23(7-11-29)20-39(21-24-8-12-30(45-2)13-9-24)35(43)31-19-38-41-15-14-28(18-33(31)41)40-22-26(34(37)42)17-32(40)25-4-3-5-27(36)16-25/h3-16,18-19,26,32H,17,20-22H2,1-2H3,(H2,37,42)/t26-,32+/m0/s1. The van der Waals surface area contributed by atoms with Gasteiger partial charge in [-0.3, -0.25) is 9.59 Å². The number of nitrogens with zero attached hydrogens (tertiary/aromatic N) is 4. The highest BCUT2D eigenvalue weighted by atomic mass is 19.1. The van der Waals surface area contributed by atoms with Crippen molar-refractivity contribution in [3.8, 4) is 11.5 Å². The van der Waals surface area contributed by atoms with Gasteiger partial charge in [0, 0.05) is 31.5 Å². The zero-order valence-corrected chi connectivity index (χ0v) is 25.1. The molecular weight excluding hydrogens is 573 g/mol. The SMILES string of the molecule is COc1ccc(CN(Cc2ccc(OC)cc2)C(=O)c2cnn3ccc(N4C[C@@H](C(N)=O)C[C@@H]4c4cccc(F)c4)cc23)cc1. The molecule has 2 atom stereocenters. The molecule has 3 heterocycles. The molecule has 1 aliphatic rings. The molecule has 1 saturated heterocycles. The van der Waals surface area contributed by atoms with Crippen molar-refractivity contribution in [2.24, 2.45) is 11.7 Å². The maximum Gasteiger partial charge on any atom is 0.258 e. The summed E-state index contributed by atoms with van der Waals surface area (Å²) in [5.74, 6) is 0.144. The van der Waals surface area contributed by atoms with Crippen LogP contribution in [-0.4, -0.2) is 47.1 Å². The molecular formula is C35H34FN5O4. The van der Waals surface area contributed by atoms with Gasteiger partial charge in [-0.15, -0.1) is 0 Å². The Morgan fingerprint density at radius 1 is 0.933 bits per heavy atom. The summed E-state index contributed by atoms with van der Waals surface area (Å²) in [4.78, 5) is 30.3. The molecule has 3 aromatic carbocycles. The van der Waals surface area contributed by atoms with Crippen LogP contribution in [0.15, 0.2) is 97.3 Å². The third-order valence-electron chi connectivity index (χ3n) is 8.36. The molecule has 1 aliphatic heterocycles. The number of ether oxygens (including phenoxy) is 2. The first-order valence-electron chi connectivity index (χ1n) is 14.7. The fourth-order valence-electron chi connectivity index (χ4n) is 5.94. The number of carbonyl (C=O) groups is 2. The minimum Gasteiger partial charge on any atom is -0.497 e. The van der Waals surface area contributed by atoms with E-state index in [0.717, 1.165) is 33.9 Å². The summed E-state index contributed by atoms with van der Waals surface area (Å²) in [6, 6.07) is 25.2. The van der Waals surface area contributed by atoms with Gasteiger partial charge in [-0.2, -0.15) is 5.10 Å². The lowest BCUT2D eigenvalue weighted by Gasteiger charge is -2.27. The van der Waals surface area contributed by atoms with Crippen LogP contribution in [0.3, 0.4) is 0 Å². The lowest BCUT2D eigenvalue weighted by molar-refractivity contribution is -0.121. The van der Waals surface area contributed by atoms with Crippen LogP contribution in [0.4, 0.5) is 10.1 Å². The summed E-state index contributed by atoms with van der Waals surface area (Å²) in [5, 5.41) is 4.48. The van der Waals surface area contributed by atoms with Crippen molar-refractivity contribution in [2.45, 2.75) is 25.6 Å². The van der Waals surface area contributed by atoms with Crippen molar-refractivity contribution in [1.82, 2.24) is 14.5 Å². The monoisotopic (exact) mass is 607 g/mol. The molecule has 5 aromatic rings. The minimum absolute atomic E-state index is 0.188. The highest BCUT2D eigenvalue weighted by Crippen LogP contribution is 2.39. The van der Waals surface area contributed by atoms with E-state index in [1.807, 2.05) is 66.7 Å². The Labute approximate surface area is 260 Å². The first kappa shape index (κ1) is 29.7. The molecule has 230 valence electrons. The number of methoxy groups -OCH3 is 2. The largest absolute Gasteiger partial charge is 0.497 e. The number of amides is 2. The number of anilines is 1. The molecule has 0 bridgehead atoms. The quantitative estimate of drug-likeness (QED) is 0.229. The van der Waals surface area contributed by atoms with E-state index in [1.165, 1.54) is 12.1 Å². The number of carbonyl (C=O) groups excluding carboxylic acids is 2. The second-order valence-electron chi connectivity index (χ2n) is 11.2. The highest BCUT2D eigenvalue weighted by molar-refractivity contribution is 6.01. The van der Waals surface area contributed by atoms with Crippen LogP contribution in [0.25, 0.3) is 5.52 Å². The molecule has 0 aliphatic carbocycles. The first-order valence-corrected chi connectivity index (χ1v) is 14.7. The Kier molecular flexibility index (Phi) is 8.37. The van der Waals surface area contributed by atoms with Crippen molar-refractivity contribution in [3.05, 3.63) is 125 Å². The van der Waals surface area contributed by atoms with Gasteiger partial charge < -0.3 is 25.0 Å². The smallest absolute Gasteiger partial charge is 0.258 e. The molecule has 2 amide bonds. The Morgan fingerprint density at radius 2 is 1.58 bits per heavy atom. The maximum absolute atomic E-state index is 14.3. The number of halogens is 1. The van der Waals surface area contributed by atoms with Crippen molar-refractivity contribution in [3.63, 3.8) is 0 Å². The summed E-state index contributed by atoms with van der Waals surface area (Å²) < 4.78 is 26.5. The zero-order chi connectivity index (χ0) is 31.5. The molecule has 0 saturated carbocycles. The highest BCUT2D eigenvalue weighted by Gasteiger charge is 2.36. The van der Waals surface area contributed by atoms with E-state index in [4.69, 9.17) is 15.2 Å². The van der Waals surface area contributed by atoms with Gasteiger partial charge in [0.2, 0.25) is 5.91 Å². The number of hydrogen-bond donors (Lipinski definition) is 1. The molecule has 6 rings (SSSR count). The second-order valence-corrected chi connectivity index (χ2v) is 11.2. The molecule has 9 nitrogen and oxygen atoms in total. The van der Waals surface area contributed by atoms with E-state index in [-0.39, 0.29) is 17.8 Å². The average Bonchev–Trinajstić information content (AvgIpc) is 3.70. The molecule has 1 fully saturated rings. The fraction of sp³-hybridized carbons (Fsp3) is 0.229. The number of primary amides is 1. The normalized spacial score (nSPS) is 16.1. The Morgan fingerprint density at radius 3 is 2.16 bits per heavy atom. The van der Waals surface area contributed by atoms with Gasteiger partial charge in [0.1, 0.15) is 17.3 Å². The van der Waals surface area contributed by atoms with Crippen molar-refractivity contribution < 1.29 is 23.5 Å². The number of nitrogens with two attached hydrogens (primary N) is 1. The summed E-state index contributed by atoms with van der Waals surface area (Å²) in [6.07, 6.45) is 3.84. The molecule has 0 spiro atoms. The van der Waals surface area contributed by atoms with E-state index in [9.17, 15) is 14.0 Å². The summed E-state index contributed by atoms with van der Waals surface area (Å²) in [5.41, 5.74) is 10.2. The summed E-state index contributed by atoms with van der Waals surface area (Å²) in [7, 11) is 3.23. The van der Waals surface area contributed by atoms with Gasteiger partial charge in [0.05, 0.1) is 43.5 Å². The van der Waals surface area contributed by atoms with Gasteiger partial charge >= 0.3 is 0 Å². The topological polar surface area (TPSA) is 102 Å². The van der Waals surface area contributed by atoms with Gasteiger partial charge in [0.25, 0.3) is 5.91 Å². The molecule has 0 radical (unpaired) electrons. The Hall–Kier alpha value is -5.38. The van der Waals surface area contributed by atoms with Crippen LogP contribution in [-0.2, 0) is 17.9 Å². The molecule has 0 unspecified atom stereocenters. The number of pyridine rings is 1.